The summed E-state index contributed by atoms with van der Waals surface area (Å²) < 4.78 is 15.2. The summed E-state index contributed by atoms with van der Waals surface area (Å²) in [6, 6.07) is 14.0. The number of amides is 1. The number of likely N-dealkylation sites (tertiary alicyclic amines) is 1. The fourth-order valence-electron chi connectivity index (χ4n) is 4.47. The summed E-state index contributed by atoms with van der Waals surface area (Å²) in [4.78, 5) is 17.3. The highest BCUT2D eigenvalue weighted by Gasteiger charge is 2.23. The van der Waals surface area contributed by atoms with Crippen LogP contribution in [-0.4, -0.2) is 38.7 Å². The predicted octanol–water partition coefficient (Wildman–Crippen LogP) is 3.97. The Morgan fingerprint density at radius 2 is 2.00 bits per heavy atom. The molecule has 0 saturated carbocycles. The molecule has 31 heavy (non-hydrogen) atoms. The first-order valence-corrected chi connectivity index (χ1v) is 10.5. The highest BCUT2D eigenvalue weighted by atomic mass is 19.1. The first-order valence-electron chi connectivity index (χ1n) is 10.5. The van der Waals surface area contributed by atoms with E-state index >= 15 is 0 Å². The number of carbonyl (C=O) groups excluding carboxylic acids is 1. The molecule has 3 N–H and O–H groups in total. The lowest BCUT2D eigenvalue weighted by Crippen LogP contribution is -2.32. The van der Waals surface area contributed by atoms with E-state index in [0.717, 1.165) is 54.8 Å². The van der Waals surface area contributed by atoms with E-state index in [2.05, 4.69) is 21.2 Å². The number of aromatic amines is 1. The lowest BCUT2D eigenvalue weighted by atomic mass is 9.89. The lowest BCUT2D eigenvalue weighted by Gasteiger charge is -2.31. The molecule has 5 rings (SSSR count). The summed E-state index contributed by atoms with van der Waals surface area (Å²) in [6.07, 6.45) is 6.02. The van der Waals surface area contributed by atoms with Crippen LogP contribution in [0.25, 0.3) is 16.6 Å². The average molecular weight is 417 g/mol. The number of hydrogen-bond acceptors (Lipinski definition) is 3. The van der Waals surface area contributed by atoms with Gasteiger partial charge in [0, 0.05) is 35.4 Å². The number of hydrogen-bond donors (Lipinski definition) is 2. The van der Waals surface area contributed by atoms with E-state index in [1.165, 1.54) is 17.7 Å². The van der Waals surface area contributed by atoms with Crippen LogP contribution in [-0.2, 0) is 6.54 Å². The molecule has 0 aliphatic carbocycles. The number of nitrogens with one attached hydrogen (secondary N) is 1. The number of benzene rings is 2. The van der Waals surface area contributed by atoms with Gasteiger partial charge in [-0.15, -0.1) is 0 Å². The van der Waals surface area contributed by atoms with Crippen molar-refractivity contribution in [2.24, 2.45) is 5.73 Å². The number of aromatic nitrogens is 3. The van der Waals surface area contributed by atoms with E-state index in [-0.39, 0.29) is 5.82 Å². The van der Waals surface area contributed by atoms with Crippen molar-refractivity contribution in [3.63, 3.8) is 0 Å². The van der Waals surface area contributed by atoms with Gasteiger partial charge in [0.05, 0.1) is 11.4 Å². The second-order valence-electron chi connectivity index (χ2n) is 8.15. The van der Waals surface area contributed by atoms with Crippen LogP contribution < -0.4 is 5.73 Å². The van der Waals surface area contributed by atoms with Crippen molar-refractivity contribution in [3.05, 3.63) is 83.6 Å². The molecule has 1 fully saturated rings. The van der Waals surface area contributed by atoms with E-state index in [0.29, 0.717) is 11.5 Å². The molecule has 0 radical (unpaired) electrons. The fraction of sp³-hybridized carbons (Fsp3) is 0.250. The smallest absolute Gasteiger partial charge is 0.248 e. The van der Waals surface area contributed by atoms with Crippen molar-refractivity contribution < 1.29 is 9.18 Å². The van der Waals surface area contributed by atoms with Crippen molar-refractivity contribution in [2.45, 2.75) is 25.3 Å². The van der Waals surface area contributed by atoms with Crippen molar-refractivity contribution in [2.75, 3.05) is 13.1 Å². The zero-order valence-corrected chi connectivity index (χ0v) is 17.1. The summed E-state index contributed by atoms with van der Waals surface area (Å²) in [5.41, 5.74) is 9.98. The number of rotatable bonds is 5. The maximum absolute atomic E-state index is 13.5. The molecule has 2 aromatic carbocycles. The summed E-state index contributed by atoms with van der Waals surface area (Å²) in [5.74, 6) is -0.226. The molecule has 0 bridgehead atoms. The van der Waals surface area contributed by atoms with Gasteiger partial charge in [0.1, 0.15) is 5.82 Å². The SMILES string of the molecule is NC(=O)c1ccc2[nH]cc(C3CCN(Cc4ccn(-c5cccc(F)c5)n4)CC3)c2c1. The molecule has 1 aliphatic heterocycles. The van der Waals surface area contributed by atoms with Crippen LogP contribution >= 0.6 is 0 Å². The largest absolute Gasteiger partial charge is 0.366 e. The summed E-state index contributed by atoms with van der Waals surface area (Å²) in [7, 11) is 0. The van der Waals surface area contributed by atoms with E-state index in [9.17, 15) is 9.18 Å². The number of nitrogens with zero attached hydrogens (tertiary/aromatic N) is 3. The topological polar surface area (TPSA) is 79.9 Å². The van der Waals surface area contributed by atoms with Crippen LogP contribution in [0, 0.1) is 5.82 Å². The highest BCUT2D eigenvalue weighted by molar-refractivity contribution is 5.98. The number of piperidine rings is 1. The first kappa shape index (κ1) is 19.5. The van der Waals surface area contributed by atoms with Gasteiger partial charge >= 0.3 is 0 Å². The second kappa shape index (κ2) is 8.00. The maximum Gasteiger partial charge on any atom is 0.248 e. The van der Waals surface area contributed by atoms with Gasteiger partial charge in [0.2, 0.25) is 5.91 Å². The Bertz CT molecular complexity index is 1240. The van der Waals surface area contributed by atoms with Crippen molar-refractivity contribution in [1.82, 2.24) is 19.7 Å². The zero-order valence-electron chi connectivity index (χ0n) is 17.1. The molecule has 1 amide bonds. The lowest BCUT2D eigenvalue weighted by molar-refractivity contribution is 0.100. The third-order valence-electron chi connectivity index (χ3n) is 6.13. The van der Waals surface area contributed by atoms with Crippen LogP contribution in [0.5, 0.6) is 0 Å². The third-order valence-corrected chi connectivity index (χ3v) is 6.13. The Labute approximate surface area is 179 Å². The molecular weight excluding hydrogens is 393 g/mol. The molecule has 0 spiro atoms. The van der Waals surface area contributed by atoms with Gasteiger partial charge in [-0.25, -0.2) is 9.07 Å². The molecule has 7 heteroatoms. The molecule has 1 saturated heterocycles. The minimum absolute atomic E-state index is 0.267. The number of primary amides is 1. The van der Waals surface area contributed by atoms with Crippen LogP contribution in [0.1, 0.15) is 40.4 Å². The second-order valence-corrected chi connectivity index (χ2v) is 8.15. The molecule has 6 nitrogen and oxygen atoms in total. The molecule has 1 aliphatic rings. The highest BCUT2D eigenvalue weighted by Crippen LogP contribution is 2.34. The Hall–Kier alpha value is -3.45. The quantitative estimate of drug-likeness (QED) is 0.516. The van der Waals surface area contributed by atoms with Crippen molar-refractivity contribution in [1.29, 1.82) is 0 Å². The van der Waals surface area contributed by atoms with E-state index in [1.807, 2.05) is 30.5 Å². The van der Waals surface area contributed by atoms with Crippen LogP contribution in [0.4, 0.5) is 4.39 Å². The van der Waals surface area contributed by atoms with Gasteiger partial charge in [-0.3, -0.25) is 9.69 Å². The molecule has 0 atom stereocenters. The van der Waals surface area contributed by atoms with Gasteiger partial charge in [0.15, 0.2) is 0 Å². The third kappa shape index (κ3) is 3.96. The minimum Gasteiger partial charge on any atom is -0.366 e. The van der Waals surface area contributed by atoms with Crippen LogP contribution in [0.3, 0.4) is 0 Å². The average Bonchev–Trinajstić information content (AvgIpc) is 3.41. The number of carbonyl (C=O) groups is 1. The summed E-state index contributed by atoms with van der Waals surface area (Å²) in [5, 5.41) is 5.70. The standard InChI is InChI=1S/C24H24FN5O/c25-18-2-1-3-20(13-18)30-11-8-19(28-30)15-29-9-6-16(7-10-29)22-14-27-23-5-4-17(24(26)31)12-21(22)23/h1-5,8,11-14,16,27H,6-7,9-10,15H2,(H2,26,31). The van der Waals surface area contributed by atoms with Gasteiger partial charge in [0.25, 0.3) is 0 Å². The predicted molar refractivity (Wildman–Crippen MR) is 118 cm³/mol. The number of halogens is 1. The zero-order chi connectivity index (χ0) is 21.4. The molecule has 158 valence electrons. The van der Waals surface area contributed by atoms with Crippen molar-refractivity contribution in [3.8, 4) is 5.69 Å². The van der Waals surface area contributed by atoms with Gasteiger partial charge in [-0.2, -0.15) is 5.10 Å². The number of fused-ring (bicyclic) bond motifs is 1. The summed E-state index contributed by atoms with van der Waals surface area (Å²) >= 11 is 0. The maximum atomic E-state index is 13.5. The number of nitrogens with two attached hydrogens (primary N) is 1. The fourth-order valence-corrected chi connectivity index (χ4v) is 4.47. The van der Waals surface area contributed by atoms with E-state index in [1.54, 1.807) is 16.8 Å². The molecule has 2 aromatic heterocycles. The van der Waals surface area contributed by atoms with Crippen molar-refractivity contribution >= 4 is 16.8 Å². The number of H-pyrrole nitrogens is 1. The monoisotopic (exact) mass is 417 g/mol. The Morgan fingerprint density at radius 1 is 1.16 bits per heavy atom. The minimum atomic E-state index is -0.401. The Kier molecular flexibility index (Phi) is 5.03. The first-order chi connectivity index (χ1) is 15.1. The normalized spacial score (nSPS) is 15.5. The van der Waals surface area contributed by atoms with E-state index < -0.39 is 5.91 Å². The van der Waals surface area contributed by atoms with Gasteiger partial charge in [-0.1, -0.05) is 6.07 Å². The molecule has 4 aromatic rings. The summed E-state index contributed by atoms with van der Waals surface area (Å²) in [6.45, 7) is 2.72. The Balaban J connectivity index is 1.25. The molecule has 3 heterocycles. The Morgan fingerprint density at radius 3 is 2.77 bits per heavy atom. The molecular formula is C24H24FN5O. The van der Waals surface area contributed by atoms with Gasteiger partial charge in [-0.05, 0) is 79.9 Å². The molecule has 0 unspecified atom stereocenters. The van der Waals surface area contributed by atoms with Gasteiger partial charge < -0.3 is 10.7 Å². The van der Waals surface area contributed by atoms with Crippen LogP contribution in [0.2, 0.25) is 0 Å². The van der Waals surface area contributed by atoms with E-state index in [4.69, 9.17) is 5.73 Å². The van der Waals surface area contributed by atoms with Crippen LogP contribution in [0.15, 0.2) is 60.9 Å².